The van der Waals surface area contributed by atoms with Crippen molar-refractivity contribution in [2.75, 3.05) is 0 Å². The summed E-state index contributed by atoms with van der Waals surface area (Å²) in [5, 5.41) is 2.97. The quantitative estimate of drug-likeness (QED) is 0.671. The largest absolute Gasteiger partial charge is 0.271 e. The number of nitrogens with zero attached hydrogens (tertiary/aromatic N) is 1. The molecule has 1 aromatic carbocycles. The molecule has 0 saturated carbocycles. The van der Waals surface area contributed by atoms with Crippen molar-refractivity contribution in [3.8, 4) is 0 Å². The number of nitrogens with two attached hydrogens (primary N) is 1. The van der Waals surface area contributed by atoms with Gasteiger partial charge >= 0.3 is 0 Å². The van der Waals surface area contributed by atoms with E-state index >= 15 is 0 Å². The molecule has 0 fully saturated rings. The molecule has 0 aliphatic carbocycles. The molecular weight excluding hydrogens is 273 g/mol. The van der Waals surface area contributed by atoms with Gasteiger partial charge in [-0.1, -0.05) is 23.7 Å². The fourth-order valence-corrected chi connectivity index (χ4v) is 2.72. The predicted molar refractivity (Wildman–Crippen MR) is 72.0 cm³/mol. The van der Waals surface area contributed by atoms with E-state index in [1.54, 1.807) is 12.1 Å². The summed E-state index contributed by atoms with van der Waals surface area (Å²) >= 11 is 7.30. The Labute approximate surface area is 114 Å². The van der Waals surface area contributed by atoms with Crippen molar-refractivity contribution >= 4 is 22.9 Å². The van der Waals surface area contributed by atoms with Crippen LogP contribution in [0, 0.1) is 12.7 Å². The Morgan fingerprint density at radius 1 is 1.56 bits per heavy atom. The van der Waals surface area contributed by atoms with E-state index in [-0.39, 0.29) is 11.1 Å². The highest BCUT2D eigenvalue weighted by atomic mass is 35.5. The third kappa shape index (κ3) is 2.87. The topological polar surface area (TPSA) is 50.9 Å². The SMILES string of the molecule is Cc1csc(CC(NN)c2cccc(Cl)c2F)n1. The lowest BCUT2D eigenvalue weighted by Gasteiger charge is -2.16. The van der Waals surface area contributed by atoms with E-state index in [0.29, 0.717) is 12.0 Å². The number of aryl methyl sites for hydroxylation is 1. The van der Waals surface area contributed by atoms with Crippen LogP contribution in [-0.2, 0) is 6.42 Å². The van der Waals surface area contributed by atoms with Crippen LogP contribution >= 0.6 is 22.9 Å². The second kappa shape index (κ2) is 5.75. The summed E-state index contributed by atoms with van der Waals surface area (Å²) in [6.45, 7) is 1.92. The lowest BCUT2D eigenvalue weighted by atomic mass is 10.0. The van der Waals surface area contributed by atoms with Gasteiger partial charge in [0, 0.05) is 23.1 Å². The molecule has 0 bridgehead atoms. The zero-order valence-corrected chi connectivity index (χ0v) is 11.4. The summed E-state index contributed by atoms with van der Waals surface area (Å²) in [6, 6.07) is 4.56. The van der Waals surface area contributed by atoms with Crippen LogP contribution in [0.2, 0.25) is 5.02 Å². The number of hydrogen-bond donors (Lipinski definition) is 2. The van der Waals surface area contributed by atoms with Crippen molar-refractivity contribution in [1.29, 1.82) is 0 Å². The second-order valence-electron chi connectivity index (χ2n) is 3.95. The number of hydrazine groups is 1. The van der Waals surface area contributed by atoms with Crippen molar-refractivity contribution in [1.82, 2.24) is 10.4 Å². The van der Waals surface area contributed by atoms with Gasteiger partial charge in [0.05, 0.1) is 16.1 Å². The first-order chi connectivity index (χ1) is 8.61. The van der Waals surface area contributed by atoms with Gasteiger partial charge in [-0.2, -0.15) is 0 Å². The monoisotopic (exact) mass is 285 g/mol. The molecule has 3 nitrogen and oxygen atoms in total. The molecule has 3 N–H and O–H groups in total. The van der Waals surface area contributed by atoms with Gasteiger partial charge < -0.3 is 0 Å². The standard InChI is InChI=1S/C12H13ClFN3S/c1-7-6-18-11(16-7)5-10(17-15)8-3-2-4-9(13)12(8)14/h2-4,6,10,17H,5,15H2,1H3. The summed E-state index contributed by atoms with van der Waals surface area (Å²) in [7, 11) is 0. The van der Waals surface area contributed by atoms with Crippen LogP contribution < -0.4 is 11.3 Å². The molecule has 1 atom stereocenters. The number of aromatic nitrogens is 1. The first-order valence-corrected chi connectivity index (χ1v) is 6.68. The van der Waals surface area contributed by atoms with Crippen LogP contribution in [0.5, 0.6) is 0 Å². The summed E-state index contributed by atoms with van der Waals surface area (Å²) < 4.78 is 13.9. The summed E-state index contributed by atoms with van der Waals surface area (Å²) in [6.07, 6.45) is 0.534. The second-order valence-corrected chi connectivity index (χ2v) is 5.30. The minimum absolute atomic E-state index is 0.100. The molecule has 2 rings (SSSR count). The van der Waals surface area contributed by atoms with Gasteiger partial charge in [-0.3, -0.25) is 11.3 Å². The highest BCUT2D eigenvalue weighted by Crippen LogP contribution is 2.26. The van der Waals surface area contributed by atoms with Gasteiger partial charge in [-0.05, 0) is 13.0 Å². The fraction of sp³-hybridized carbons (Fsp3) is 0.250. The van der Waals surface area contributed by atoms with Crippen molar-refractivity contribution < 1.29 is 4.39 Å². The molecule has 2 aromatic rings. The smallest absolute Gasteiger partial charge is 0.146 e. The van der Waals surface area contributed by atoms with E-state index in [2.05, 4.69) is 10.4 Å². The lowest BCUT2D eigenvalue weighted by molar-refractivity contribution is 0.510. The van der Waals surface area contributed by atoms with Gasteiger partial charge in [0.2, 0.25) is 0 Å². The van der Waals surface area contributed by atoms with Crippen molar-refractivity contribution in [2.24, 2.45) is 5.84 Å². The Morgan fingerprint density at radius 2 is 2.33 bits per heavy atom. The van der Waals surface area contributed by atoms with Crippen LogP contribution in [0.25, 0.3) is 0 Å². The first-order valence-electron chi connectivity index (χ1n) is 5.43. The molecule has 0 saturated heterocycles. The fourth-order valence-electron chi connectivity index (χ4n) is 1.72. The summed E-state index contributed by atoms with van der Waals surface area (Å²) in [5.41, 5.74) is 4.02. The number of halogens is 2. The van der Waals surface area contributed by atoms with Gasteiger partial charge in [-0.25, -0.2) is 9.37 Å². The van der Waals surface area contributed by atoms with Crippen LogP contribution in [-0.4, -0.2) is 4.98 Å². The third-order valence-corrected chi connectivity index (χ3v) is 3.88. The van der Waals surface area contributed by atoms with Gasteiger partial charge in [0.15, 0.2) is 0 Å². The van der Waals surface area contributed by atoms with Crippen molar-refractivity contribution in [2.45, 2.75) is 19.4 Å². The number of benzene rings is 1. The zero-order valence-electron chi connectivity index (χ0n) is 9.78. The molecule has 6 heteroatoms. The first kappa shape index (κ1) is 13.4. The Morgan fingerprint density at radius 3 is 2.94 bits per heavy atom. The molecule has 0 aliphatic rings. The Hall–Kier alpha value is -1.01. The minimum atomic E-state index is -0.435. The van der Waals surface area contributed by atoms with E-state index in [4.69, 9.17) is 17.4 Å². The van der Waals surface area contributed by atoms with E-state index < -0.39 is 5.82 Å². The minimum Gasteiger partial charge on any atom is -0.271 e. The maximum absolute atomic E-state index is 13.9. The van der Waals surface area contributed by atoms with Crippen molar-refractivity contribution in [3.63, 3.8) is 0 Å². The molecule has 1 heterocycles. The molecule has 0 spiro atoms. The number of thiazole rings is 1. The van der Waals surface area contributed by atoms with Crippen LogP contribution in [0.1, 0.15) is 22.3 Å². The third-order valence-electron chi connectivity index (χ3n) is 2.60. The van der Waals surface area contributed by atoms with Crippen molar-refractivity contribution in [3.05, 3.63) is 50.7 Å². The van der Waals surface area contributed by atoms with E-state index in [9.17, 15) is 4.39 Å². The Balaban J connectivity index is 2.25. The van der Waals surface area contributed by atoms with Crippen LogP contribution in [0.15, 0.2) is 23.6 Å². The molecule has 96 valence electrons. The maximum Gasteiger partial charge on any atom is 0.146 e. The van der Waals surface area contributed by atoms with Gasteiger partial charge in [0.25, 0.3) is 0 Å². The molecule has 1 aromatic heterocycles. The Kier molecular flexibility index (Phi) is 4.29. The highest BCUT2D eigenvalue weighted by molar-refractivity contribution is 7.09. The van der Waals surface area contributed by atoms with Crippen LogP contribution in [0.3, 0.4) is 0 Å². The van der Waals surface area contributed by atoms with E-state index in [1.165, 1.54) is 17.4 Å². The molecule has 1 unspecified atom stereocenters. The van der Waals surface area contributed by atoms with Gasteiger partial charge in [-0.15, -0.1) is 11.3 Å². The number of hydrogen-bond acceptors (Lipinski definition) is 4. The normalized spacial score (nSPS) is 12.7. The molecular formula is C12H13ClFN3S. The molecule has 0 amide bonds. The predicted octanol–water partition coefficient (Wildman–Crippen LogP) is 2.99. The average molecular weight is 286 g/mol. The maximum atomic E-state index is 13.9. The number of nitrogens with one attached hydrogen (secondary N) is 1. The molecule has 0 aliphatic heterocycles. The summed E-state index contributed by atoms with van der Waals surface area (Å²) in [5.74, 6) is 5.06. The van der Waals surface area contributed by atoms with E-state index in [0.717, 1.165) is 10.7 Å². The van der Waals surface area contributed by atoms with Crippen LogP contribution in [0.4, 0.5) is 4.39 Å². The van der Waals surface area contributed by atoms with E-state index in [1.807, 2.05) is 12.3 Å². The number of rotatable bonds is 4. The highest BCUT2D eigenvalue weighted by Gasteiger charge is 2.18. The molecule has 0 radical (unpaired) electrons. The zero-order chi connectivity index (χ0) is 13.1. The molecule has 18 heavy (non-hydrogen) atoms. The average Bonchev–Trinajstić information content (AvgIpc) is 2.76. The van der Waals surface area contributed by atoms with Gasteiger partial charge in [0.1, 0.15) is 5.82 Å². The summed E-state index contributed by atoms with van der Waals surface area (Å²) in [4.78, 5) is 4.34. The Bertz CT molecular complexity index is 544. The lowest BCUT2D eigenvalue weighted by Crippen LogP contribution is -2.30.